The van der Waals surface area contributed by atoms with Gasteiger partial charge in [0.2, 0.25) is 0 Å². The largest absolute Gasteiger partial charge is 0.488 e. The van der Waals surface area contributed by atoms with E-state index >= 15 is 0 Å². The highest BCUT2D eigenvalue weighted by molar-refractivity contribution is 7.79. The monoisotopic (exact) mass is 394 g/mol. The Kier molecular flexibility index (Phi) is 6.67. The van der Waals surface area contributed by atoms with Crippen molar-refractivity contribution < 1.29 is 18.8 Å². The van der Waals surface area contributed by atoms with Crippen molar-refractivity contribution in [2.24, 2.45) is 0 Å². The minimum Gasteiger partial charge on any atom is -0.488 e. The number of carbonyl (C=O) groups is 1. The second-order valence-electron chi connectivity index (χ2n) is 6.28. The van der Waals surface area contributed by atoms with E-state index in [4.69, 9.17) is 9.47 Å². The Morgan fingerprint density at radius 1 is 0.857 bits per heavy atom. The van der Waals surface area contributed by atoms with Gasteiger partial charge in [0.15, 0.2) is 7.14 Å². The molecule has 3 aromatic carbocycles. The molecule has 0 aliphatic rings. The van der Waals surface area contributed by atoms with E-state index in [1.165, 1.54) is 0 Å². The average molecular weight is 394 g/mol. The Morgan fingerprint density at radius 3 is 2.14 bits per heavy atom. The molecule has 0 N–H and O–H groups in total. The molecule has 0 spiro atoms. The molecule has 5 heteroatoms. The van der Waals surface area contributed by atoms with E-state index in [1.807, 2.05) is 60.7 Å². The highest BCUT2D eigenvalue weighted by Crippen LogP contribution is 2.46. The Labute approximate surface area is 165 Å². The van der Waals surface area contributed by atoms with Crippen molar-refractivity contribution in [2.45, 2.75) is 13.5 Å². The summed E-state index contributed by atoms with van der Waals surface area (Å²) < 4.78 is 25.3. The van der Waals surface area contributed by atoms with E-state index < -0.39 is 13.1 Å². The number of rotatable bonds is 8. The van der Waals surface area contributed by atoms with E-state index in [2.05, 4.69) is 0 Å². The number of benzene rings is 3. The normalized spacial score (nSPS) is 12.8. The lowest BCUT2D eigenvalue weighted by Gasteiger charge is -2.21. The molecule has 4 nitrogen and oxygen atoms in total. The van der Waals surface area contributed by atoms with Crippen molar-refractivity contribution in [2.75, 3.05) is 12.8 Å². The Bertz CT molecular complexity index is 955. The number of hydrogen-bond donors (Lipinski definition) is 0. The minimum absolute atomic E-state index is 0.198. The van der Waals surface area contributed by atoms with Crippen molar-refractivity contribution in [3.8, 4) is 5.75 Å². The van der Waals surface area contributed by atoms with E-state index in [0.29, 0.717) is 23.0 Å². The van der Waals surface area contributed by atoms with Crippen LogP contribution in [0.5, 0.6) is 5.75 Å². The Hall–Kier alpha value is -2.84. The van der Waals surface area contributed by atoms with Crippen LogP contribution in [0.3, 0.4) is 0 Å². The molecular weight excluding hydrogens is 371 g/mol. The summed E-state index contributed by atoms with van der Waals surface area (Å²) in [5.74, 6) is 0.0374. The summed E-state index contributed by atoms with van der Waals surface area (Å²) in [6.07, 6.45) is -0.198. The summed E-state index contributed by atoms with van der Waals surface area (Å²) >= 11 is 0. The van der Waals surface area contributed by atoms with Crippen molar-refractivity contribution in [3.05, 3.63) is 90.5 Å². The van der Waals surface area contributed by atoms with Gasteiger partial charge in [-0.25, -0.2) is 0 Å². The van der Waals surface area contributed by atoms with Crippen LogP contribution in [0.2, 0.25) is 0 Å². The SMILES string of the molecule is CCOC(=O)CP(=O)(c1ccccc1)c1ccccc1OCc1ccccc1. The molecule has 144 valence electrons. The summed E-state index contributed by atoms with van der Waals surface area (Å²) in [5, 5.41) is 1.14. The molecule has 0 heterocycles. The molecule has 0 saturated heterocycles. The highest BCUT2D eigenvalue weighted by Gasteiger charge is 2.33. The van der Waals surface area contributed by atoms with E-state index in [-0.39, 0.29) is 12.8 Å². The summed E-state index contributed by atoms with van der Waals surface area (Å²) in [4.78, 5) is 12.3. The number of esters is 1. The quantitative estimate of drug-likeness (QED) is 0.426. The van der Waals surface area contributed by atoms with Gasteiger partial charge in [-0.2, -0.15) is 0 Å². The molecule has 0 aromatic heterocycles. The first-order valence-electron chi connectivity index (χ1n) is 9.20. The molecule has 0 aliphatic carbocycles. The number of carbonyl (C=O) groups excluding carboxylic acids is 1. The first kappa shape index (κ1) is 19.9. The fourth-order valence-electron chi connectivity index (χ4n) is 2.99. The maximum absolute atomic E-state index is 14.2. The molecule has 0 radical (unpaired) electrons. The lowest BCUT2D eigenvalue weighted by molar-refractivity contribution is -0.139. The molecule has 0 bridgehead atoms. The fraction of sp³-hybridized carbons (Fsp3) is 0.174. The number of ether oxygens (including phenoxy) is 2. The second-order valence-corrected chi connectivity index (χ2v) is 9.07. The van der Waals surface area contributed by atoms with Gasteiger partial charge in [0, 0.05) is 5.30 Å². The van der Waals surface area contributed by atoms with Gasteiger partial charge in [0.05, 0.1) is 11.9 Å². The van der Waals surface area contributed by atoms with E-state index in [1.54, 1.807) is 31.2 Å². The summed E-state index contributed by atoms with van der Waals surface area (Å²) in [6, 6.07) is 26.1. The zero-order valence-electron chi connectivity index (χ0n) is 15.8. The molecule has 0 fully saturated rings. The van der Waals surface area contributed by atoms with Crippen LogP contribution < -0.4 is 15.3 Å². The molecule has 3 rings (SSSR count). The first-order valence-corrected chi connectivity index (χ1v) is 11.1. The van der Waals surface area contributed by atoms with Crippen molar-refractivity contribution >= 4 is 23.7 Å². The fourth-order valence-corrected chi connectivity index (χ4v) is 5.55. The van der Waals surface area contributed by atoms with Crippen LogP contribution in [0.4, 0.5) is 0 Å². The van der Waals surface area contributed by atoms with Crippen LogP contribution in [0, 0.1) is 0 Å². The molecule has 1 atom stereocenters. The molecule has 0 amide bonds. The zero-order chi connectivity index (χ0) is 19.8. The standard InChI is InChI=1S/C23H23O4P/c1-2-26-23(24)18-28(25,20-13-7-4-8-14-20)22-16-10-9-15-21(22)27-17-19-11-5-3-6-12-19/h3-16H,2,17-18H2,1H3. The maximum atomic E-state index is 14.2. The van der Waals surface area contributed by atoms with Crippen molar-refractivity contribution in [3.63, 3.8) is 0 Å². The molecule has 3 aromatic rings. The van der Waals surface area contributed by atoms with Crippen LogP contribution in [0.25, 0.3) is 0 Å². The van der Waals surface area contributed by atoms with Crippen molar-refractivity contribution in [1.29, 1.82) is 0 Å². The minimum atomic E-state index is -3.27. The average Bonchev–Trinajstić information content (AvgIpc) is 2.74. The third-order valence-electron chi connectivity index (χ3n) is 4.32. The van der Waals surface area contributed by atoms with Crippen LogP contribution in [0.15, 0.2) is 84.9 Å². The van der Waals surface area contributed by atoms with Gasteiger partial charge < -0.3 is 14.0 Å². The summed E-state index contributed by atoms with van der Waals surface area (Å²) in [5.41, 5.74) is 1.01. The second kappa shape index (κ2) is 9.38. The van der Waals surface area contributed by atoms with E-state index in [0.717, 1.165) is 5.56 Å². The molecular formula is C23H23O4P. The summed E-state index contributed by atoms with van der Waals surface area (Å²) in [6.45, 7) is 2.34. The topological polar surface area (TPSA) is 52.6 Å². The Morgan fingerprint density at radius 2 is 1.46 bits per heavy atom. The maximum Gasteiger partial charge on any atom is 0.313 e. The predicted octanol–water partition coefficient (Wildman–Crippen LogP) is 4.14. The summed E-state index contributed by atoms with van der Waals surface area (Å²) in [7, 11) is -3.27. The molecule has 28 heavy (non-hydrogen) atoms. The van der Waals surface area contributed by atoms with Gasteiger partial charge in [-0.3, -0.25) is 4.79 Å². The highest BCUT2D eigenvalue weighted by atomic mass is 31.2. The van der Waals surface area contributed by atoms with Gasteiger partial charge in [-0.1, -0.05) is 72.8 Å². The number of hydrogen-bond acceptors (Lipinski definition) is 4. The third kappa shape index (κ3) is 4.71. The van der Waals surface area contributed by atoms with Crippen LogP contribution in [0.1, 0.15) is 12.5 Å². The van der Waals surface area contributed by atoms with E-state index in [9.17, 15) is 9.36 Å². The predicted molar refractivity (Wildman–Crippen MR) is 112 cm³/mol. The molecule has 0 aliphatic heterocycles. The number of para-hydroxylation sites is 1. The van der Waals surface area contributed by atoms with Gasteiger partial charge in [-0.05, 0) is 24.6 Å². The van der Waals surface area contributed by atoms with Gasteiger partial charge in [-0.15, -0.1) is 0 Å². The Balaban J connectivity index is 1.98. The van der Waals surface area contributed by atoms with Gasteiger partial charge >= 0.3 is 5.97 Å². The van der Waals surface area contributed by atoms with Crippen molar-refractivity contribution in [1.82, 2.24) is 0 Å². The molecule has 1 unspecified atom stereocenters. The van der Waals surface area contributed by atoms with Gasteiger partial charge in [0.1, 0.15) is 18.5 Å². The van der Waals surface area contributed by atoms with Gasteiger partial charge in [0.25, 0.3) is 0 Å². The van der Waals surface area contributed by atoms with Crippen LogP contribution in [-0.4, -0.2) is 18.7 Å². The van der Waals surface area contributed by atoms with Crippen LogP contribution >= 0.6 is 7.14 Å². The lowest BCUT2D eigenvalue weighted by Crippen LogP contribution is -2.25. The first-order chi connectivity index (χ1) is 13.6. The lowest BCUT2D eigenvalue weighted by atomic mass is 10.2. The smallest absolute Gasteiger partial charge is 0.313 e. The molecule has 0 saturated carbocycles. The zero-order valence-corrected chi connectivity index (χ0v) is 16.7. The third-order valence-corrected chi connectivity index (χ3v) is 7.31. The van der Waals surface area contributed by atoms with Crippen LogP contribution in [-0.2, 0) is 20.7 Å².